The van der Waals surface area contributed by atoms with Gasteiger partial charge in [0.25, 0.3) is 0 Å². The van der Waals surface area contributed by atoms with Gasteiger partial charge in [0.05, 0.1) is 5.60 Å². The van der Waals surface area contributed by atoms with Crippen LogP contribution in [-0.2, 0) is 0 Å². The highest BCUT2D eigenvalue weighted by molar-refractivity contribution is 4.90. The molecule has 2 rings (SSSR count). The summed E-state index contributed by atoms with van der Waals surface area (Å²) in [5.41, 5.74) is -0.269. The Morgan fingerprint density at radius 2 is 1.92 bits per heavy atom. The molecule has 1 nitrogen and oxygen atoms in total. The Morgan fingerprint density at radius 3 is 2.46 bits per heavy atom. The Labute approximate surface area is 81.5 Å². The van der Waals surface area contributed by atoms with E-state index < -0.39 is 0 Å². The fourth-order valence-electron chi connectivity index (χ4n) is 3.31. The fourth-order valence-corrected chi connectivity index (χ4v) is 3.31. The molecule has 2 fully saturated rings. The first kappa shape index (κ1) is 9.51. The Bertz CT molecular complexity index is 172. The van der Waals surface area contributed by atoms with Crippen molar-refractivity contribution >= 4 is 0 Å². The van der Waals surface area contributed by atoms with Crippen molar-refractivity contribution in [2.24, 2.45) is 11.8 Å². The van der Waals surface area contributed by atoms with Crippen LogP contribution in [0.3, 0.4) is 0 Å². The molecule has 2 saturated carbocycles. The first-order valence-corrected chi connectivity index (χ1v) is 5.90. The maximum Gasteiger partial charge on any atom is 0.0653 e. The summed E-state index contributed by atoms with van der Waals surface area (Å²) in [6.45, 7) is 2.27. The van der Waals surface area contributed by atoms with E-state index in [0.717, 1.165) is 31.1 Å². The molecule has 76 valence electrons. The van der Waals surface area contributed by atoms with Gasteiger partial charge < -0.3 is 5.11 Å². The van der Waals surface area contributed by atoms with Crippen LogP contribution >= 0.6 is 0 Å². The molecule has 0 heterocycles. The number of rotatable bonds is 2. The molecule has 0 bridgehead atoms. The Morgan fingerprint density at radius 1 is 1.23 bits per heavy atom. The SMILES string of the molecule is CC1CCC(O)(CC2CCCC2)C1. The zero-order valence-corrected chi connectivity index (χ0v) is 8.76. The predicted octanol–water partition coefficient (Wildman–Crippen LogP) is 3.12. The first-order chi connectivity index (χ1) is 6.18. The molecule has 2 aliphatic rings. The Kier molecular flexibility index (Phi) is 2.64. The van der Waals surface area contributed by atoms with Gasteiger partial charge in [-0.15, -0.1) is 0 Å². The standard InChI is InChI=1S/C12H22O/c1-10-6-7-12(13,8-10)9-11-4-2-3-5-11/h10-11,13H,2-9H2,1H3. The van der Waals surface area contributed by atoms with Crippen LogP contribution in [0.25, 0.3) is 0 Å². The van der Waals surface area contributed by atoms with Crippen LogP contribution in [0.1, 0.15) is 58.3 Å². The lowest BCUT2D eigenvalue weighted by atomic mass is 9.87. The molecule has 13 heavy (non-hydrogen) atoms. The van der Waals surface area contributed by atoms with Gasteiger partial charge in [-0.25, -0.2) is 0 Å². The Hall–Kier alpha value is -0.0400. The van der Waals surface area contributed by atoms with Crippen molar-refractivity contribution in [3.63, 3.8) is 0 Å². The number of aliphatic hydroxyl groups is 1. The molecule has 0 amide bonds. The second-order valence-corrected chi connectivity index (χ2v) is 5.43. The molecule has 0 saturated heterocycles. The van der Waals surface area contributed by atoms with Gasteiger partial charge in [-0.3, -0.25) is 0 Å². The molecule has 0 aromatic carbocycles. The van der Waals surface area contributed by atoms with Gasteiger partial charge in [0, 0.05) is 0 Å². The molecular weight excluding hydrogens is 160 g/mol. The Balaban J connectivity index is 1.85. The van der Waals surface area contributed by atoms with Crippen molar-refractivity contribution in [2.45, 2.75) is 63.9 Å². The molecule has 0 radical (unpaired) electrons. The predicted molar refractivity (Wildman–Crippen MR) is 54.5 cm³/mol. The van der Waals surface area contributed by atoms with E-state index in [0.29, 0.717) is 0 Å². The third kappa shape index (κ3) is 2.25. The van der Waals surface area contributed by atoms with Crippen LogP contribution in [-0.4, -0.2) is 10.7 Å². The average Bonchev–Trinajstić information content (AvgIpc) is 2.62. The minimum atomic E-state index is -0.269. The van der Waals surface area contributed by atoms with Crippen molar-refractivity contribution in [3.8, 4) is 0 Å². The van der Waals surface area contributed by atoms with Crippen LogP contribution in [0.5, 0.6) is 0 Å². The third-order valence-electron chi connectivity index (χ3n) is 3.97. The van der Waals surface area contributed by atoms with E-state index >= 15 is 0 Å². The molecule has 0 aromatic rings. The zero-order chi connectivity index (χ0) is 9.31. The maximum atomic E-state index is 10.3. The summed E-state index contributed by atoms with van der Waals surface area (Å²) < 4.78 is 0. The van der Waals surface area contributed by atoms with Crippen LogP contribution in [0.15, 0.2) is 0 Å². The van der Waals surface area contributed by atoms with Gasteiger partial charge >= 0.3 is 0 Å². The molecule has 0 aromatic heterocycles. The van der Waals surface area contributed by atoms with Crippen LogP contribution < -0.4 is 0 Å². The summed E-state index contributed by atoms with van der Waals surface area (Å²) in [6.07, 6.45) is 9.99. The van der Waals surface area contributed by atoms with E-state index in [2.05, 4.69) is 6.92 Å². The fraction of sp³-hybridized carbons (Fsp3) is 1.00. The minimum Gasteiger partial charge on any atom is -0.390 e. The highest BCUT2D eigenvalue weighted by Crippen LogP contribution is 2.41. The number of hydrogen-bond acceptors (Lipinski definition) is 1. The summed E-state index contributed by atoms with van der Waals surface area (Å²) >= 11 is 0. The molecule has 1 N–H and O–H groups in total. The molecule has 2 aliphatic carbocycles. The molecule has 2 atom stereocenters. The lowest BCUT2D eigenvalue weighted by molar-refractivity contribution is 0.0197. The zero-order valence-electron chi connectivity index (χ0n) is 8.76. The lowest BCUT2D eigenvalue weighted by Crippen LogP contribution is -2.27. The summed E-state index contributed by atoms with van der Waals surface area (Å²) in [5, 5.41) is 10.3. The van der Waals surface area contributed by atoms with Crippen LogP contribution in [0.4, 0.5) is 0 Å². The van der Waals surface area contributed by atoms with E-state index in [1.54, 1.807) is 0 Å². The smallest absolute Gasteiger partial charge is 0.0653 e. The van der Waals surface area contributed by atoms with E-state index in [-0.39, 0.29) is 5.60 Å². The largest absolute Gasteiger partial charge is 0.390 e. The van der Waals surface area contributed by atoms with Gasteiger partial charge in [0.1, 0.15) is 0 Å². The van der Waals surface area contributed by atoms with Gasteiger partial charge in [-0.2, -0.15) is 0 Å². The van der Waals surface area contributed by atoms with Crippen LogP contribution in [0.2, 0.25) is 0 Å². The van der Waals surface area contributed by atoms with Crippen LogP contribution in [0, 0.1) is 11.8 Å². The summed E-state index contributed by atoms with van der Waals surface area (Å²) in [4.78, 5) is 0. The summed E-state index contributed by atoms with van der Waals surface area (Å²) in [6, 6.07) is 0. The first-order valence-electron chi connectivity index (χ1n) is 5.90. The minimum absolute atomic E-state index is 0.269. The third-order valence-corrected chi connectivity index (χ3v) is 3.97. The van der Waals surface area contributed by atoms with Gasteiger partial charge in [-0.1, -0.05) is 32.6 Å². The van der Waals surface area contributed by atoms with Gasteiger partial charge in [-0.05, 0) is 37.5 Å². The van der Waals surface area contributed by atoms with E-state index in [1.165, 1.54) is 32.1 Å². The van der Waals surface area contributed by atoms with Gasteiger partial charge in [0.15, 0.2) is 0 Å². The highest BCUT2D eigenvalue weighted by atomic mass is 16.3. The van der Waals surface area contributed by atoms with Crippen molar-refractivity contribution in [3.05, 3.63) is 0 Å². The molecule has 0 spiro atoms. The number of hydrogen-bond donors (Lipinski definition) is 1. The second-order valence-electron chi connectivity index (χ2n) is 5.43. The molecular formula is C12H22O. The van der Waals surface area contributed by atoms with Crippen molar-refractivity contribution in [2.75, 3.05) is 0 Å². The maximum absolute atomic E-state index is 10.3. The monoisotopic (exact) mass is 182 g/mol. The van der Waals surface area contributed by atoms with Crippen molar-refractivity contribution in [1.29, 1.82) is 0 Å². The van der Waals surface area contributed by atoms with E-state index in [1.807, 2.05) is 0 Å². The molecule has 2 unspecified atom stereocenters. The average molecular weight is 182 g/mol. The van der Waals surface area contributed by atoms with Gasteiger partial charge in [0.2, 0.25) is 0 Å². The summed E-state index contributed by atoms with van der Waals surface area (Å²) in [5.74, 6) is 1.60. The quantitative estimate of drug-likeness (QED) is 0.695. The molecule has 0 aliphatic heterocycles. The van der Waals surface area contributed by atoms with Crippen molar-refractivity contribution in [1.82, 2.24) is 0 Å². The summed E-state index contributed by atoms with van der Waals surface area (Å²) in [7, 11) is 0. The van der Waals surface area contributed by atoms with Crippen molar-refractivity contribution < 1.29 is 5.11 Å². The second kappa shape index (κ2) is 3.61. The topological polar surface area (TPSA) is 20.2 Å². The highest BCUT2D eigenvalue weighted by Gasteiger charge is 2.37. The van der Waals surface area contributed by atoms with E-state index in [9.17, 15) is 5.11 Å². The lowest BCUT2D eigenvalue weighted by Gasteiger charge is -2.26. The normalized spacial score (nSPS) is 41.5. The van der Waals surface area contributed by atoms with E-state index in [4.69, 9.17) is 0 Å². The molecule has 1 heteroatoms.